The molecule has 21 heavy (non-hydrogen) atoms. The number of esters is 1. The van der Waals surface area contributed by atoms with Crippen molar-refractivity contribution in [2.75, 3.05) is 25.5 Å². The first-order valence-corrected chi connectivity index (χ1v) is 6.85. The molecule has 2 heterocycles. The van der Waals surface area contributed by atoms with Crippen LogP contribution in [0.4, 0.5) is 5.69 Å². The molecule has 2 N–H and O–H groups in total. The minimum atomic E-state index is -0.412. The van der Waals surface area contributed by atoms with Gasteiger partial charge in [-0.05, 0) is 37.9 Å². The van der Waals surface area contributed by atoms with Gasteiger partial charge in [-0.25, -0.2) is 4.79 Å². The number of aromatic nitrogens is 1. The standard InChI is InChI=1S/C14H21N3O3.ClH/c1-17-9-11(7-12(17)14(19)20-2)16-13(18)4-3-10-5-6-15-8-10;/h7,9-10,15H,3-6,8H2,1-2H3,(H,16,18);1H. The van der Waals surface area contributed by atoms with Gasteiger partial charge >= 0.3 is 5.97 Å². The number of anilines is 1. The lowest BCUT2D eigenvalue weighted by atomic mass is 10.0. The summed E-state index contributed by atoms with van der Waals surface area (Å²) in [7, 11) is 3.08. The summed E-state index contributed by atoms with van der Waals surface area (Å²) >= 11 is 0. The summed E-state index contributed by atoms with van der Waals surface area (Å²) in [5.41, 5.74) is 1.05. The van der Waals surface area contributed by atoms with Gasteiger partial charge in [-0.1, -0.05) is 0 Å². The van der Waals surface area contributed by atoms with Gasteiger partial charge in [-0.15, -0.1) is 12.4 Å². The van der Waals surface area contributed by atoms with E-state index >= 15 is 0 Å². The Balaban J connectivity index is 0.00000220. The molecule has 7 heteroatoms. The Morgan fingerprint density at radius 3 is 2.90 bits per heavy atom. The van der Waals surface area contributed by atoms with Crippen LogP contribution in [0, 0.1) is 5.92 Å². The summed E-state index contributed by atoms with van der Waals surface area (Å²) in [5, 5.41) is 6.11. The summed E-state index contributed by atoms with van der Waals surface area (Å²) in [5.74, 6) is 0.172. The van der Waals surface area contributed by atoms with Gasteiger partial charge in [0, 0.05) is 19.7 Å². The number of methoxy groups -OCH3 is 1. The van der Waals surface area contributed by atoms with Gasteiger partial charge in [0.1, 0.15) is 5.69 Å². The zero-order chi connectivity index (χ0) is 14.5. The van der Waals surface area contributed by atoms with Gasteiger partial charge in [0.25, 0.3) is 0 Å². The van der Waals surface area contributed by atoms with Crippen molar-refractivity contribution in [3.63, 3.8) is 0 Å². The molecular weight excluding hydrogens is 294 g/mol. The molecule has 1 aromatic heterocycles. The number of carbonyl (C=O) groups is 2. The molecule has 2 rings (SSSR count). The van der Waals surface area contributed by atoms with E-state index in [0.717, 1.165) is 25.9 Å². The van der Waals surface area contributed by atoms with E-state index in [1.807, 2.05) is 0 Å². The highest BCUT2D eigenvalue weighted by atomic mass is 35.5. The van der Waals surface area contributed by atoms with Gasteiger partial charge in [0.15, 0.2) is 0 Å². The van der Waals surface area contributed by atoms with Crippen molar-refractivity contribution in [3.05, 3.63) is 18.0 Å². The molecule has 118 valence electrons. The van der Waals surface area contributed by atoms with Crippen LogP contribution < -0.4 is 10.6 Å². The van der Waals surface area contributed by atoms with Crippen LogP contribution >= 0.6 is 12.4 Å². The first kappa shape index (κ1) is 17.5. The topological polar surface area (TPSA) is 72.4 Å². The number of hydrogen-bond acceptors (Lipinski definition) is 4. The number of carbonyl (C=O) groups excluding carboxylic acids is 2. The van der Waals surface area contributed by atoms with Crippen molar-refractivity contribution in [3.8, 4) is 0 Å². The second-order valence-corrected chi connectivity index (χ2v) is 5.16. The number of hydrogen-bond donors (Lipinski definition) is 2. The maximum absolute atomic E-state index is 11.9. The minimum Gasteiger partial charge on any atom is -0.464 e. The molecule has 1 aliphatic heterocycles. The van der Waals surface area contributed by atoms with Crippen LogP contribution in [0.5, 0.6) is 0 Å². The molecule has 1 saturated heterocycles. The van der Waals surface area contributed by atoms with E-state index in [1.165, 1.54) is 7.11 Å². The second-order valence-electron chi connectivity index (χ2n) is 5.16. The van der Waals surface area contributed by atoms with Crippen molar-refractivity contribution in [2.24, 2.45) is 13.0 Å². The molecule has 0 bridgehead atoms. The highest BCUT2D eigenvalue weighted by molar-refractivity contribution is 5.94. The largest absolute Gasteiger partial charge is 0.464 e. The zero-order valence-corrected chi connectivity index (χ0v) is 13.2. The smallest absolute Gasteiger partial charge is 0.354 e. The molecule has 1 amide bonds. The third-order valence-electron chi connectivity index (χ3n) is 3.63. The predicted octanol–water partition coefficient (Wildman–Crippen LogP) is 1.56. The number of nitrogens with zero attached hydrogens (tertiary/aromatic N) is 1. The van der Waals surface area contributed by atoms with E-state index in [2.05, 4.69) is 15.4 Å². The van der Waals surface area contributed by atoms with Crippen LogP contribution in [0.3, 0.4) is 0 Å². The summed E-state index contributed by atoms with van der Waals surface area (Å²) < 4.78 is 6.31. The fourth-order valence-corrected chi connectivity index (χ4v) is 2.46. The SMILES string of the molecule is COC(=O)c1cc(NC(=O)CCC2CCNC2)cn1C.Cl. The number of halogens is 1. The molecule has 1 aliphatic rings. The third kappa shape index (κ3) is 4.75. The normalized spacial score (nSPS) is 17.1. The molecule has 1 fully saturated rings. The predicted molar refractivity (Wildman–Crippen MR) is 82.8 cm³/mol. The molecule has 0 spiro atoms. The van der Waals surface area contributed by atoms with E-state index < -0.39 is 5.97 Å². The maximum Gasteiger partial charge on any atom is 0.354 e. The molecule has 1 aromatic rings. The average molecular weight is 316 g/mol. The van der Waals surface area contributed by atoms with E-state index in [-0.39, 0.29) is 18.3 Å². The van der Waals surface area contributed by atoms with Gasteiger partial charge in [-0.3, -0.25) is 4.79 Å². The number of amides is 1. The highest BCUT2D eigenvalue weighted by Crippen LogP contribution is 2.17. The molecule has 1 unspecified atom stereocenters. The van der Waals surface area contributed by atoms with Crippen LogP contribution in [0.15, 0.2) is 12.3 Å². The van der Waals surface area contributed by atoms with Gasteiger partial charge in [0.2, 0.25) is 5.91 Å². The fourth-order valence-electron chi connectivity index (χ4n) is 2.46. The van der Waals surface area contributed by atoms with Crippen molar-refractivity contribution >= 4 is 30.0 Å². The number of rotatable bonds is 5. The maximum atomic E-state index is 11.9. The summed E-state index contributed by atoms with van der Waals surface area (Å²) in [6.45, 7) is 2.05. The average Bonchev–Trinajstić information content (AvgIpc) is 3.05. The molecule has 0 aliphatic carbocycles. The van der Waals surface area contributed by atoms with E-state index in [9.17, 15) is 9.59 Å². The molecule has 0 radical (unpaired) electrons. The van der Waals surface area contributed by atoms with E-state index in [4.69, 9.17) is 0 Å². The molecular formula is C14H22ClN3O3. The second kappa shape index (κ2) is 8.05. The Morgan fingerprint density at radius 2 is 2.29 bits per heavy atom. The Bertz CT molecular complexity index is 496. The number of ether oxygens (including phenoxy) is 1. The zero-order valence-electron chi connectivity index (χ0n) is 12.3. The van der Waals surface area contributed by atoms with Gasteiger partial charge in [0.05, 0.1) is 12.8 Å². The quantitative estimate of drug-likeness (QED) is 0.809. The Hall–Kier alpha value is -1.53. The van der Waals surface area contributed by atoms with E-state index in [0.29, 0.717) is 23.7 Å². The van der Waals surface area contributed by atoms with Gasteiger partial charge in [-0.2, -0.15) is 0 Å². The van der Waals surface area contributed by atoms with Crippen LogP contribution in [0.2, 0.25) is 0 Å². The van der Waals surface area contributed by atoms with Crippen LogP contribution in [0.25, 0.3) is 0 Å². The third-order valence-corrected chi connectivity index (χ3v) is 3.63. The highest BCUT2D eigenvalue weighted by Gasteiger charge is 2.17. The summed E-state index contributed by atoms with van der Waals surface area (Å²) in [6.07, 6.45) is 4.26. The molecule has 0 saturated carbocycles. The first-order chi connectivity index (χ1) is 9.60. The van der Waals surface area contributed by atoms with Crippen molar-refractivity contribution in [1.29, 1.82) is 0 Å². The number of nitrogens with one attached hydrogen (secondary N) is 2. The Morgan fingerprint density at radius 1 is 1.52 bits per heavy atom. The van der Waals surface area contributed by atoms with Crippen molar-refractivity contribution < 1.29 is 14.3 Å². The molecule has 1 atom stereocenters. The lowest BCUT2D eigenvalue weighted by Gasteiger charge is -2.07. The minimum absolute atomic E-state index is 0. The summed E-state index contributed by atoms with van der Waals surface area (Å²) in [6, 6.07) is 1.63. The number of aryl methyl sites for hydroxylation is 1. The summed E-state index contributed by atoms with van der Waals surface area (Å²) in [4.78, 5) is 23.3. The van der Waals surface area contributed by atoms with Crippen LogP contribution in [-0.2, 0) is 16.6 Å². The van der Waals surface area contributed by atoms with Crippen molar-refractivity contribution in [1.82, 2.24) is 9.88 Å². The van der Waals surface area contributed by atoms with Gasteiger partial charge < -0.3 is 19.9 Å². The Labute approximate surface area is 130 Å². The lowest BCUT2D eigenvalue weighted by Crippen LogP contribution is -2.14. The van der Waals surface area contributed by atoms with Crippen molar-refractivity contribution in [2.45, 2.75) is 19.3 Å². The fraction of sp³-hybridized carbons (Fsp3) is 0.571. The van der Waals surface area contributed by atoms with E-state index in [1.54, 1.807) is 23.9 Å². The Kier molecular flexibility index (Phi) is 6.71. The monoisotopic (exact) mass is 315 g/mol. The molecule has 6 nitrogen and oxygen atoms in total. The van der Waals surface area contributed by atoms with Crippen LogP contribution in [-0.4, -0.2) is 36.6 Å². The first-order valence-electron chi connectivity index (χ1n) is 6.85. The molecule has 0 aromatic carbocycles. The lowest BCUT2D eigenvalue weighted by molar-refractivity contribution is -0.116. The van der Waals surface area contributed by atoms with Crippen LogP contribution in [0.1, 0.15) is 29.8 Å².